The predicted molar refractivity (Wildman–Crippen MR) is 100 cm³/mol. The van der Waals surface area contributed by atoms with Gasteiger partial charge >= 0.3 is 0 Å². The van der Waals surface area contributed by atoms with E-state index in [4.69, 9.17) is 4.99 Å². The van der Waals surface area contributed by atoms with Gasteiger partial charge in [0.15, 0.2) is 5.96 Å². The van der Waals surface area contributed by atoms with Crippen molar-refractivity contribution in [1.29, 1.82) is 0 Å². The van der Waals surface area contributed by atoms with Crippen LogP contribution < -0.4 is 5.32 Å². The monoisotopic (exact) mass is 337 g/mol. The molecule has 0 spiro atoms. The maximum Gasteiger partial charge on any atom is 0.193 e. The van der Waals surface area contributed by atoms with E-state index < -0.39 is 0 Å². The largest absolute Gasteiger partial charge is 0.357 e. The third-order valence-electron chi connectivity index (χ3n) is 4.12. The van der Waals surface area contributed by atoms with Crippen molar-refractivity contribution in [2.24, 2.45) is 4.99 Å². The Hall–Kier alpha value is -1.17. The number of aliphatic imine (C=N–C) groups is 1. The van der Waals surface area contributed by atoms with E-state index in [1.165, 1.54) is 17.9 Å². The van der Waals surface area contributed by atoms with Gasteiger partial charge < -0.3 is 10.2 Å². The molecule has 1 N–H and O–H groups in total. The van der Waals surface area contributed by atoms with Crippen molar-refractivity contribution < 1.29 is 0 Å². The first-order valence-corrected chi connectivity index (χ1v) is 9.84. The van der Waals surface area contributed by atoms with E-state index >= 15 is 0 Å². The van der Waals surface area contributed by atoms with Gasteiger partial charge in [-0.3, -0.25) is 9.67 Å². The molecule has 1 aliphatic rings. The second-order valence-electron chi connectivity index (χ2n) is 6.09. The first kappa shape index (κ1) is 18.2. The molecule has 0 saturated carbocycles. The molecule has 0 amide bonds. The van der Waals surface area contributed by atoms with Gasteiger partial charge in [0.25, 0.3) is 0 Å². The molecule has 0 aliphatic carbocycles. The van der Waals surface area contributed by atoms with E-state index in [9.17, 15) is 0 Å². The predicted octanol–water partition coefficient (Wildman–Crippen LogP) is 2.68. The number of guanidine groups is 1. The highest BCUT2D eigenvalue weighted by Crippen LogP contribution is 2.21. The number of aromatic nitrogens is 2. The fourth-order valence-electron chi connectivity index (χ4n) is 2.89. The second kappa shape index (κ2) is 9.21. The van der Waals surface area contributed by atoms with Crippen molar-refractivity contribution in [2.75, 3.05) is 31.9 Å². The van der Waals surface area contributed by atoms with Crippen LogP contribution in [-0.4, -0.2) is 57.8 Å². The van der Waals surface area contributed by atoms with Crippen LogP contribution in [0, 0.1) is 13.8 Å². The summed E-state index contributed by atoms with van der Waals surface area (Å²) in [4.78, 5) is 7.27. The molecule has 130 valence electrons. The summed E-state index contributed by atoms with van der Waals surface area (Å²) in [6, 6.07) is 2.13. The van der Waals surface area contributed by atoms with E-state index in [1.54, 1.807) is 0 Å². The molecule has 6 heteroatoms. The van der Waals surface area contributed by atoms with Crippen molar-refractivity contribution in [1.82, 2.24) is 20.0 Å². The summed E-state index contributed by atoms with van der Waals surface area (Å²) in [5.41, 5.74) is 2.33. The maximum absolute atomic E-state index is 4.84. The van der Waals surface area contributed by atoms with Gasteiger partial charge in [-0.25, -0.2) is 0 Å². The van der Waals surface area contributed by atoms with E-state index in [-0.39, 0.29) is 0 Å². The van der Waals surface area contributed by atoms with Crippen LogP contribution in [0.5, 0.6) is 0 Å². The highest BCUT2D eigenvalue weighted by atomic mass is 32.2. The first-order valence-electron chi connectivity index (χ1n) is 8.80. The summed E-state index contributed by atoms with van der Waals surface area (Å²) in [7, 11) is 0. The third-order valence-corrected chi connectivity index (χ3v) is 5.49. The second-order valence-corrected chi connectivity index (χ2v) is 7.49. The average molecular weight is 338 g/mol. The van der Waals surface area contributed by atoms with Gasteiger partial charge in [-0.05, 0) is 39.7 Å². The quantitative estimate of drug-likeness (QED) is 0.492. The van der Waals surface area contributed by atoms with Gasteiger partial charge in [-0.15, -0.1) is 0 Å². The molecule has 1 atom stereocenters. The Labute approximate surface area is 144 Å². The molecule has 0 bridgehead atoms. The van der Waals surface area contributed by atoms with Crippen LogP contribution in [0.4, 0.5) is 0 Å². The maximum atomic E-state index is 4.84. The normalized spacial score (nSPS) is 19.2. The molecule has 1 aromatic heterocycles. The molecule has 2 rings (SSSR count). The minimum absolute atomic E-state index is 0.738. The van der Waals surface area contributed by atoms with Crippen molar-refractivity contribution >= 4 is 17.7 Å². The van der Waals surface area contributed by atoms with Gasteiger partial charge in [0.05, 0.1) is 5.69 Å². The molecule has 0 aromatic carbocycles. The molecule has 1 unspecified atom stereocenters. The zero-order valence-corrected chi connectivity index (χ0v) is 15.8. The van der Waals surface area contributed by atoms with Crippen molar-refractivity contribution in [3.8, 4) is 0 Å². The molecule has 1 aliphatic heterocycles. The van der Waals surface area contributed by atoms with Gasteiger partial charge in [-0.1, -0.05) is 6.92 Å². The molecule has 0 radical (unpaired) electrons. The zero-order chi connectivity index (χ0) is 16.7. The molecule has 2 heterocycles. The molecular weight excluding hydrogens is 306 g/mol. The summed E-state index contributed by atoms with van der Waals surface area (Å²) < 4.78 is 2.09. The molecule has 1 saturated heterocycles. The van der Waals surface area contributed by atoms with Crippen molar-refractivity contribution in [3.05, 3.63) is 17.5 Å². The van der Waals surface area contributed by atoms with E-state index in [0.29, 0.717) is 0 Å². The molecule has 1 aromatic rings. The summed E-state index contributed by atoms with van der Waals surface area (Å²) in [5.74, 6) is 2.29. The summed E-state index contributed by atoms with van der Waals surface area (Å²) in [6.45, 7) is 13.5. The minimum Gasteiger partial charge on any atom is -0.357 e. The number of thioether (sulfide) groups is 1. The van der Waals surface area contributed by atoms with E-state index in [1.807, 2.05) is 6.92 Å². The van der Waals surface area contributed by atoms with Gasteiger partial charge in [0.2, 0.25) is 0 Å². The Balaban J connectivity index is 1.87. The fourth-order valence-corrected chi connectivity index (χ4v) is 4.07. The standard InChI is InChI=1S/C17H31N5S/c1-5-16-13-21(10-11-23-16)17(18-6-2)19-8-7-9-22-15(4)12-14(3)20-22/h12,16H,5-11,13H2,1-4H3,(H,18,19). The summed E-state index contributed by atoms with van der Waals surface area (Å²) >= 11 is 2.10. The van der Waals surface area contributed by atoms with Crippen LogP contribution in [0.15, 0.2) is 11.1 Å². The van der Waals surface area contributed by atoms with Crippen LogP contribution in [0.2, 0.25) is 0 Å². The lowest BCUT2D eigenvalue weighted by Gasteiger charge is -2.34. The van der Waals surface area contributed by atoms with Crippen LogP contribution in [0.3, 0.4) is 0 Å². The molecule has 5 nitrogen and oxygen atoms in total. The van der Waals surface area contributed by atoms with E-state index in [0.717, 1.165) is 56.0 Å². The Kier molecular flexibility index (Phi) is 7.27. The average Bonchev–Trinajstić information content (AvgIpc) is 2.88. The summed E-state index contributed by atoms with van der Waals surface area (Å²) in [6.07, 6.45) is 2.26. The van der Waals surface area contributed by atoms with Gasteiger partial charge in [-0.2, -0.15) is 16.9 Å². The lowest BCUT2D eigenvalue weighted by Crippen LogP contribution is -2.48. The summed E-state index contributed by atoms with van der Waals surface area (Å²) in [5, 5.41) is 8.71. The smallest absolute Gasteiger partial charge is 0.193 e. The number of hydrogen-bond acceptors (Lipinski definition) is 3. The topological polar surface area (TPSA) is 45.5 Å². The van der Waals surface area contributed by atoms with Crippen molar-refractivity contribution in [3.63, 3.8) is 0 Å². The van der Waals surface area contributed by atoms with Crippen LogP contribution in [-0.2, 0) is 6.54 Å². The lowest BCUT2D eigenvalue weighted by molar-refractivity contribution is 0.407. The number of nitrogens with zero attached hydrogens (tertiary/aromatic N) is 4. The fraction of sp³-hybridized carbons (Fsp3) is 0.765. The highest BCUT2D eigenvalue weighted by Gasteiger charge is 2.21. The van der Waals surface area contributed by atoms with E-state index in [2.05, 4.69) is 58.6 Å². The SMILES string of the molecule is CCNC(=NCCCn1nc(C)cc1C)N1CCSC(CC)C1. The third kappa shape index (κ3) is 5.44. The minimum atomic E-state index is 0.738. The van der Waals surface area contributed by atoms with Crippen LogP contribution in [0.1, 0.15) is 38.1 Å². The Morgan fingerprint density at radius 3 is 2.91 bits per heavy atom. The Morgan fingerprint density at radius 1 is 1.43 bits per heavy atom. The lowest BCUT2D eigenvalue weighted by atomic mass is 10.3. The molecule has 23 heavy (non-hydrogen) atoms. The van der Waals surface area contributed by atoms with Crippen LogP contribution >= 0.6 is 11.8 Å². The Bertz CT molecular complexity index is 511. The van der Waals surface area contributed by atoms with Crippen LogP contribution in [0.25, 0.3) is 0 Å². The molecule has 1 fully saturated rings. The number of nitrogens with one attached hydrogen (secondary N) is 1. The van der Waals surface area contributed by atoms with Crippen molar-refractivity contribution in [2.45, 2.75) is 52.3 Å². The first-order chi connectivity index (χ1) is 11.1. The zero-order valence-electron chi connectivity index (χ0n) is 15.0. The Morgan fingerprint density at radius 2 is 2.26 bits per heavy atom. The molecular formula is C17H31N5S. The highest BCUT2D eigenvalue weighted by molar-refractivity contribution is 8.00. The van der Waals surface area contributed by atoms with Gasteiger partial charge in [0.1, 0.15) is 0 Å². The number of rotatable bonds is 6. The number of aryl methyl sites for hydroxylation is 3. The number of hydrogen-bond donors (Lipinski definition) is 1. The van der Waals surface area contributed by atoms with Gasteiger partial charge in [0, 0.05) is 49.4 Å².